The summed E-state index contributed by atoms with van der Waals surface area (Å²) in [6.45, 7) is 9.59. The number of aliphatic imine (C=N–C) groups is 1. The molecule has 1 aliphatic heterocycles. The molecule has 0 unspecified atom stereocenters. The zero-order valence-corrected chi connectivity index (χ0v) is 15.0. The lowest BCUT2D eigenvalue weighted by Crippen LogP contribution is -2.33. The second kappa shape index (κ2) is 5.15. The maximum atomic E-state index is 14.0. The Labute approximate surface area is 146 Å². The van der Waals surface area contributed by atoms with Gasteiger partial charge in [0.2, 0.25) is 0 Å². The first kappa shape index (κ1) is 15.8. The number of ether oxygens (including phenoxy) is 1. The van der Waals surface area contributed by atoms with Crippen molar-refractivity contribution in [3.63, 3.8) is 0 Å². The summed E-state index contributed by atoms with van der Waals surface area (Å²) in [6.07, 6.45) is 1.82. The minimum absolute atomic E-state index is 0.276. The third-order valence-corrected chi connectivity index (χ3v) is 4.77. The molecular formula is C20H20FN3O. The molecule has 3 heterocycles. The van der Waals surface area contributed by atoms with E-state index in [9.17, 15) is 4.39 Å². The average molecular weight is 337 g/mol. The van der Waals surface area contributed by atoms with Gasteiger partial charge in [-0.05, 0) is 58.4 Å². The van der Waals surface area contributed by atoms with Crippen LogP contribution in [-0.2, 0) is 0 Å². The van der Waals surface area contributed by atoms with Gasteiger partial charge in [0.1, 0.15) is 11.6 Å². The fourth-order valence-electron chi connectivity index (χ4n) is 3.25. The highest BCUT2D eigenvalue weighted by atomic mass is 19.1. The molecule has 0 N–H and O–H groups in total. The van der Waals surface area contributed by atoms with Crippen LogP contribution in [0.1, 0.15) is 41.8 Å². The van der Waals surface area contributed by atoms with Crippen LogP contribution in [0.25, 0.3) is 5.52 Å². The molecule has 5 heteroatoms. The Morgan fingerprint density at radius 2 is 1.80 bits per heavy atom. The number of pyridine rings is 1. The van der Waals surface area contributed by atoms with Gasteiger partial charge in [0.05, 0.1) is 17.4 Å². The molecule has 0 radical (unpaired) electrons. The number of hydrogen-bond donors (Lipinski definition) is 0. The number of hydrogen-bond acceptors (Lipinski definition) is 3. The Hall–Kier alpha value is -2.69. The molecule has 0 fully saturated rings. The van der Waals surface area contributed by atoms with Crippen LogP contribution in [0.4, 0.5) is 4.39 Å². The van der Waals surface area contributed by atoms with Crippen molar-refractivity contribution >= 4 is 11.2 Å². The third-order valence-electron chi connectivity index (χ3n) is 4.77. The quantitative estimate of drug-likeness (QED) is 0.661. The summed E-state index contributed by atoms with van der Waals surface area (Å²) >= 11 is 0. The highest BCUT2D eigenvalue weighted by Gasteiger charge is 2.32. The van der Waals surface area contributed by atoms with Crippen molar-refractivity contribution in [1.82, 2.24) is 9.61 Å². The summed E-state index contributed by atoms with van der Waals surface area (Å²) in [6, 6.07) is 7.33. The van der Waals surface area contributed by atoms with Gasteiger partial charge in [0.15, 0.2) is 5.72 Å². The number of nitrogens with zero attached hydrogens (tertiary/aromatic N) is 3. The largest absolute Gasteiger partial charge is 0.466 e. The van der Waals surface area contributed by atoms with E-state index in [1.54, 1.807) is 13.0 Å². The van der Waals surface area contributed by atoms with Gasteiger partial charge >= 0.3 is 0 Å². The monoisotopic (exact) mass is 337 g/mol. The van der Waals surface area contributed by atoms with Gasteiger partial charge in [0, 0.05) is 22.4 Å². The Balaban J connectivity index is 2.01. The molecule has 128 valence electrons. The SMILES string of the molecule is Cc1ccc2c(C3=NC(C)(C)Oc4c3ccc(F)c4C)cnn2c1C. The Bertz CT molecular complexity index is 1050. The first-order valence-electron chi connectivity index (χ1n) is 8.31. The molecular weight excluding hydrogens is 317 g/mol. The minimum Gasteiger partial charge on any atom is -0.466 e. The smallest absolute Gasteiger partial charge is 0.195 e. The molecule has 0 saturated heterocycles. The molecule has 1 aromatic carbocycles. The summed E-state index contributed by atoms with van der Waals surface area (Å²) in [5.41, 5.74) is 5.48. The maximum Gasteiger partial charge on any atom is 0.195 e. The first-order valence-corrected chi connectivity index (χ1v) is 8.31. The summed E-state index contributed by atoms with van der Waals surface area (Å²) in [5, 5.41) is 4.54. The molecule has 0 bridgehead atoms. The minimum atomic E-state index is -0.769. The second-order valence-corrected chi connectivity index (χ2v) is 7.02. The molecule has 0 spiro atoms. The predicted octanol–water partition coefficient (Wildman–Crippen LogP) is 4.36. The van der Waals surface area contributed by atoms with Gasteiger partial charge in [0.25, 0.3) is 0 Å². The summed E-state index contributed by atoms with van der Waals surface area (Å²) < 4.78 is 21.9. The van der Waals surface area contributed by atoms with Gasteiger partial charge in [-0.3, -0.25) is 0 Å². The molecule has 3 aromatic rings. The lowest BCUT2D eigenvalue weighted by molar-refractivity contribution is 0.114. The van der Waals surface area contributed by atoms with Gasteiger partial charge < -0.3 is 4.74 Å². The summed E-state index contributed by atoms with van der Waals surface area (Å²) in [7, 11) is 0. The zero-order chi connectivity index (χ0) is 17.9. The Morgan fingerprint density at radius 1 is 1.04 bits per heavy atom. The Morgan fingerprint density at radius 3 is 2.56 bits per heavy atom. The van der Waals surface area contributed by atoms with E-state index in [2.05, 4.69) is 18.1 Å². The molecule has 0 amide bonds. The van der Waals surface area contributed by atoms with Gasteiger partial charge in [-0.2, -0.15) is 5.10 Å². The van der Waals surface area contributed by atoms with Gasteiger partial charge in [-0.25, -0.2) is 13.9 Å². The van der Waals surface area contributed by atoms with Gasteiger partial charge in [-0.1, -0.05) is 6.07 Å². The highest BCUT2D eigenvalue weighted by molar-refractivity contribution is 6.18. The molecule has 25 heavy (non-hydrogen) atoms. The van der Waals surface area contributed by atoms with Crippen molar-refractivity contribution < 1.29 is 9.13 Å². The summed E-state index contributed by atoms with van der Waals surface area (Å²) in [5.74, 6) is 0.278. The van der Waals surface area contributed by atoms with Crippen LogP contribution >= 0.6 is 0 Å². The third kappa shape index (κ3) is 2.34. The molecule has 0 saturated carbocycles. The molecule has 2 aromatic heterocycles. The van der Waals surface area contributed by atoms with E-state index >= 15 is 0 Å². The van der Waals surface area contributed by atoms with E-state index < -0.39 is 5.72 Å². The van der Waals surface area contributed by atoms with Crippen LogP contribution in [0.15, 0.2) is 35.5 Å². The molecule has 0 aliphatic carbocycles. The topological polar surface area (TPSA) is 38.9 Å². The number of aromatic nitrogens is 2. The number of rotatable bonds is 1. The lowest BCUT2D eigenvalue weighted by atomic mass is 9.97. The van der Waals surface area contributed by atoms with E-state index in [0.717, 1.165) is 28.0 Å². The number of benzene rings is 1. The van der Waals surface area contributed by atoms with Crippen LogP contribution in [0.3, 0.4) is 0 Å². The van der Waals surface area contributed by atoms with Crippen LogP contribution in [0.2, 0.25) is 0 Å². The second-order valence-electron chi connectivity index (χ2n) is 7.02. The van der Waals surface area contributed by atoms with Crippen molar-refractivity contribution in [2.24, 2.45) is 4.99 Å². The number of aryl methyl sites for hydroxylation is 2. The first-order chi connectivity index (χ1) is 11.8. The maximum absolute atomic E-state index is 14.0. The van der Waals surface area contributed by atoms with Crippen molar-refractivity contribution in [2.75, 3.05) is 0 Å². The fraction of sp³-hybridized carbons (Fsp3) is 0.300. The molecule has 4 nitrogen and oxygen atoms in total. The lowest BCUT2D eigenvalue weighted by Gasteiger charge is -2.31. The number of fused-ring (bicyclic) bond motifs is 2. The van der Waals surface area contributed by atoms with E-state index in [-0.39, 0.29) is 5.82 Å². The van der Waals surface area contributed by atoms with E-state index in [1.165, 1.54) is 11.6 Å². The summed E-state index contributed by atoms with van der Waals surface area (Å²) in [4.78, 5) is 4.79. The van der Waals surface area contributed by atoms with Crippen molar-refractivity contribution in [3.8, 4) is 5.75 Å². The molecule has 0 atom stereocenters. The normalized spacial score (nSPS) is 15.7. The zero-order valence-electron chi connectivity index (χ0n) is 15.0. The van der Waals surface area contributed by atoms with Crippen LogP contribution in [0.5, 0.6) is 5.75 Å². The average Bonchev–Trinajstić information content (AvgIpc) is 2.98. The molecule has 4 rings (SSSR count). The Kier molecular flexibility index (Phi) is 3.26. The van der Waals surface area contributed by atoms with Crippen LogP contribution < -0.4 is 4.74 Å². The standard InChI is InChI=1S/C20H20FN3O/c1-11-6-9-17-15(10-22-24(17)13(11)3)18-14-7-8-16(21)12(2)19(14)25-20(4,5)23-18/h6-10H,1-5H3. The number of halogens is 1. The predicted molar refractivity (Wildman–Crippen MR) is 96.1 cm³/mol. The van der Waals surface area contributed by atoms with E-state index in [1.807, 2.05) is 37.5 Å². The van der Waals surface area contributed by atoms with Crippen LogP contribution in [-0.4, -0.2) is 21.1 Å². The van der Waals surface area contributed by atoms with Gasteiger partial charge in [-0.15, -0.1) is 0 Å². The molecule has 1 aliphatic rings. The highest BCUT2D eigenvalue weighted by Crippen LogP contribution is 2.37. The van der Waals surface area contributed by atoms with Crippen molar-refractivity contribution in [2.45, 2.75) is 40.3 Å². The van der Waals surface area contributed by atoms with E-state index in [0.29, 0.717) is 11.3 Å². The van der Waals surface area contributed by atoms with E-state index in [4.69, 9.17) is 9.73 Å². The fourth-order valence-corrected chi connectivity index (χ4v) is 3.25. The van der Waals surface area contributed by atoms with Crippen molar-refractivity contribution in [3.05, 3.63) is 64.2 Å². The van der Waals surface area contributed by atoms with Crippen LogP contribution in [0, 0.1) is 26.6 Å². The van der Waals surface area contributed by atoms with Crippen molar-refractivity contribution in [1.29, 1.82) is 0 Å².